The summed E-state index contributed by atoms with van der Waals surface area (Å²) in [7, 11) is 0. The largest absolute Gasteiger partial charge is 0.356 e. The van der Waals surface area contributed by atoms with Crippen molar-refractivity contribution in [2.75, 3.05) is 37.0 Å². The Balaban J connectivity index is 2.53. The van der Waals surface area contributed by atoms with Crippen LogP contribution in [0.15, 0.2) is 0 Å². The van der Waals surface area contributed by atoms with Gasteiger partial charge in [0, 0.05) is 49.9 Å². The van der Waals surface area contributed by atoms with Crippen LogP contribution in [0.3, 0.4) is 0 Å². The highest BCUT2D eigenvalue weighted by Crippen LogP contribution is 2.30. The number of hydrogen-bond acceptors (Lipinski definition) is 5. The first-order valence-corrected chi connectivity index (χ1v) is 9.80. The monoisotopic (exact) mass is 347 g/mol. The molecule has 1 atom stereocenters. The Morgan fingerprint density at radius 2 is 1.59 bits per heavy atom. The lowest BCUT2D eigenvalue weighted by molar-refractivity contribution is -0.131. The molecular formula is C14H25N3O3S2. The summed E-state index contributed by atoms with van der Waals surface area (Å²) in [6.45, 7) is 5.63. The highest BCUT2D eigenvalue weighted by Gasteiger charge is 2.28. The predicted octanol–water partition coefficient (Wildman–Crippen LogP) is 0.674. The van der Waals surface area contributed by atoms with E-state index in [1.54, 1.807) is 28.4 Å². The summed E-state index contributed by atoms with van der Waals surface area (Å²) in [4.78, 5) is 37.4. The highest BCUT2D eigenvalue weighted by atomic mass is 32.2. The minimum absolute atomic E-state index is 0.0450. The summed E-state index contributed by atoms with van der Waals surface area (Å²) in [5, 5.41) is 6.34. The topological polar surface area (TPSA) is 78.5 Å². The van der Waals surface area contributed by atoms with Crippen LogP contribution in [0.2, 0.25) is 0 Å². The van der Waals surface area contributed by atoms with E-state index in [-0.39, 0.29) is 35.8 Å². The predicted molar refractivity (Wildman–Crippen MR) is 91.9 cm³/mol. The molecular weight excluding hydrogens is 322 g/mol. The first-order valence-electron chi connectivity index (χ1n) is 7.60. The average Bonchev–Trinajstić information content (AvgIpc) is 3.01. The molecule has 6 nitrogen and oxygen atoms in total. The molecule has 1 rings (SSSR count). The van der Waals surface area contributed by atoms with Crippen molar-refractivity contribution in [1.29, 1.82) is 0 Å². The van der Waals surface area contributed by atoms with E-state index in [0.29, 0.717) is 26.2 Å². The molecule has 2 N–H and O–H groups in total. The molecule has 0 aliphatic carbocycles. The van der Waals surface area contributed by atoms with Crippen molar-refractivity contribution >= 4 is 41.2 Å². The Morgan fingerprint density at radius 3 is 2.00 bits per heavy atom. The average molecular weight is 348 g/mol. The number of rotatable bonds is 9. The zero-order chi connectivity index (χ0) is 16.4. The smallest absolute Gasteiger partial charge is 0.236 e. The molecule has 0 aromatic heterocycles. The quantitative estimate of drug-likeness (QED) is 0.641. The van der Waals surface area contributed by atoms with E-state index < -0.39 is 0 Å². The third-order valence-electron chi connectivity index (χ3n) is 3.17. The lowest BCUT2D eigenvalue weighted by Crippen LogP contribution is -2.42. The molecule has 0 spiro atoms. The molecule has 126 valence electrons. The molecule has 1 unspecified atom stereocenters. The summed E-state index contributed by atoms with van der Waals surface area (Å²) in [6.07, 6.45) is 0.555. The summed E-state index contributed by atoms with van der Waals surface area (Å²) in [5.74, 6) is 0.726. The Hall–Kier alpha value is -0.890. The number of nitrogens with zero attached hydrogens (tertiary/aromatic N) is 1. The van der Waals surface area contributed by atoms with Gasteiger partial charge in [0.1, 0.15) is 0 Å². The standard InChI is InChI=1S/C14H25N3O3S2/c1-3-15-12(18)5-7-17(8-6-13(19)16-4-2)14(20)11-9-21-10-22-11/h11H,3-10H2,1-2H3,(H,15,18)(H,16,19). The molecule has 0 aromatic rings. The molecule has 1 saturated heterocycles. The lowest BCUT2D eigenvalue weighted by atomic mass is 10.2. The Morgan fingerprint density at radius 1 is 1.05 bits per heavy atom. The van der Waals surface area contributed by atoms with Gasteiger partial charge < -0.3 is 15.5 Å². The van der Waals surface area contributed by atoms with Crippen LogP contribution in [0.1, 0.15) is 26.7 Å². The zero-order valence-electron chi connectivity index (χ0n) is 13.2. The van der Waals surface area contributed by atoms with Gasteiger partial charge in [-0.1, -0.05) is 0 Å². The first-order chi connectivity index (χ1) is 10.6. The number of carbonyl (C=O) groups excluding carboxylic acids is 3. The van der Waals surface area contributed by atoms with Crippen LogP contribution in [0.5, 0.6) is 0 Å². The van der Waals surface area contributed by atoms with Crippen LogP contribution in [0.4, 0.5) is 0 Å². The van der Waals surface area contributed by atoms with Gasteiger partial charge in [-0.3, -0.25) is 14.4 Å². The molecule has 1 fully saturated rings. The second-order valence-corrected chi connectivity index (χ2v) is 7.46. The fraction of sp³-hybridized carbons (Fsp3) is 0.786. The molecule has 0 radical (unpaired) electrons. The van der Waals surface area contributed by atoms with Gasteiger partial charge in [0.2, 0.25) is 17.7 Å². The van der Waals surface area contributed by atoms with E-state index in [2.05, 4.69) is 10.6 Å². The minimum atomic E-state index is -0.0632. The molecule has 0 aromatic carbocycles. The van der Waals surface area contributed by atoms with Crippen LogP contribution in [0, 0.1) is 0 Å². The molecule has 0 saturated carbocycles. The van der Waals surface area contributed by atoms with E-state index in [0.717, 1.165) is 10.8 Å². The summed E-state index contributed by atoms with van der Waals surface area (Å²) in [6, 6.07) is 0. The van der Waals surface area contributed by atoms with Gasteiger partial charge in [-0.15, -0.1) is 23.5 Å². The zero-order valence-corrected chi connectivity index (χ0v) is 14.9. The van der Waals surface area contributed by atoms with Crippen LogP contribution in [0.25, 0.3) is 0 Å². The van der Waals surface area contributed by atoms with E-state index in [9.17, 15) is 14.4 Å². The normalized spacial score (nSPS) is 17.1. The molecule has 1 aliphatic heterocycles. The van der Waals surface area contributed by atoms with Gasteiger partial charge in [0.05, 0.1) is 5.25 Å². The van der Waals surface area contributed by atoms with Crippen LogP contribution in [-0.4, -0.2) is 64.9 Å². The third kappa shape index (κ3) is 6.91. The summed E-state index contributed by atoms with van der Waals surface area (Å²) < 4.78 is 0. The molecule has 0 bridgehead atoms. The molecule has 1 aliphatic rings. The maximum absolute atomic E-state index is 12.5. The van der Waals surface area contributed by atoms with Crippen LogP contribution >= 0.6 is 23.5 Å². The molecule has 8 heteroatoms. The van der Waals surface area contributed by atoms with Crippen molar-refractivity contribution in [2.45, 2.75) is 31.9 Å². The lowest BCUT2D eigenvalue weighted by Gasteiger charge is -2.24. The van der Waals surface area contributed by atoms with Gasteiger partial charge >= 0.3 is 0 Å². The van der Waals surface area contributed by atoms with Gasteiger partial charge in [0.25, 0.3) is 0 Å². The summed E-state index contributed by atoms with van der Waals surface area (Å²) >= 11 is 3.39. The van der Waals surface area contributed by atoms with Gasteiger partial charge in [0.15, 0.2) is 0 Å². The fourth-order valence-electron chi connectivity index (χ4n) is 2.06. The fourth-order valence-corrected chi connectivity index (χ4v) is 4.80. The Bertz CT molecular complexity index is 366. The maximum Gasteiger partial charge on any atom is 0.236 e. The van der Waals surface area contributed by atoms with E-state index in [1.807, 2.05) is 13.8 Å². The molecule has 22 heavy (non-hydrogen) atoms. The van der Waals surface area contributed by atoms with Crippen molar-refractivity contribution < 1.29 is 14.4 Å². The number of nitrogens with one attached hydrogen (secondary N) is 2. The van der Waals surface area contributed by atoms with Crippen molar-refractivity contribution in [3.63, 3.8) is 0 Å². The second kappa shape index (κ2) is 10.8. The van der Waals surface area contributed by atoms with Crippen molar-refractivity contribution in [3.05, 3.63) is 0 Å². The Kier molecular flexibility index (Phi) is 9.38. The summed E-state index contributed by atoms with van der Waals surface area (Å²) in [5.41, 5.74) is 0. The van der Waals surface area contributed by atoms with Crippen molar-refractivity contribution in [3.8, 4) is 0 Å². The van der Waals surface area contributed by atoms with Gasteiger partial charge in [-0.25, -0.2) is 0 Å². The number of hydrogen-bond donors (Lipinski definition) is 2. The van der Waals surface area contributed by atoms with Crippen LogP contribution < -0.4 is 10.6 Å². The Labute approximate surface area is 140 Å². The van der Waals surface area contributed by atoms with Crippen molar-refractivity contribution in [2.24, 2.45) is 0 Å². The minimum Gasteiger partial charge on any atom is -0.356 e. The number of thioether (sulfide) groups is 2. The molecule has 3 amide bonds. The van der Waals surface area contributed by atoms with E-state index >= 15 is 0 Å². The van der Waals surface area contributed by atoms with Crippen LogP contribution in [-0.2, 0) is 14.4 Å². The third-order valence-corrected chi connectivity index (χ3v) is 5.94. The van der Waals surface area contributed by atoms with Gasteiger partial charge in [-0.2, -0.15) is 0 Å². The first kappa shape index (κ1) is 19.2. The van der Waals surface area contributed by atoms with Gasteiger partial charge in [-0.05, 0) is 13.8 Å². The highest BCUT2D eigenvalue weighted by molar-refractivity contribution is 8.19. The second-order valence-electron chi connectivity index (χ2n) is 4.88. The SMILES string of the molecule is CCNC(=O)CCN(CCC(=O)NCC)C(=O)C1CSCS1. The molecule has 1 heterocycles. The van der Waals surface area contributed by atoms with Crippen molar-refractivity contribution in [1.82, 2.24) is 15.5 Å². The van der Waals surface area contributed by atoms with E-state index in [1.165, 1.54) is 0 Å². The maximum atomic E-state index is 12.5. The number of carbonyl (C=O) groups is 3. The number of amides is 3. The van der Waals surface area contributed by atoms with E-state index in [4.69, 9.17) is 0 Å².